The van der Waals surface area contributed by atoms with Crippen molar-refractivity contribution >= 4 is 21.8 Å². The molecule has 0 fully saturated rings. The lowest BCUT2D eigenvalue weighted by Crippen LogP contribution is -2.40. The van der Waals surface area contributed by atoms with Crippen LogP contribution in [-0.2, 0) is 4.79 Å². The van der Waals surface area contributed by atoms with Gasteiger partial charge in [0.05, 0.1) is 0 Å². The Bertz CT molecular complexity index is 597. The molecule has 1 aliphatic carbocycles. The predicted octanol–water partition coefficient (Wildman–Crippen LogP) is 4.34. The molecule has 0 heterocycles. The van der Waals surface area contributed by atoms with Crippen LogP contribution in [0.2, 0.25) is 0 Å². The lowest BCUT2D eigenvalue weighted by atomic mass is 10.0. The summed E-state index contributed by atoms with van der Waals surface area (Å²) in [5, 5.41) is 0. The van der Waals surface area contributed by atoms with E-state index in [1.165, 1.54) is 12.8 Å². The summed E-state index contributed by atoms with van der Waals surface area (Å²) in [7, 11) is 0. The Labute approximate surface area is 146 Å². The minimum absolute atomic E-state index is 0.00106. The fourth-order valence-corrected chi connectivity index (χ4v) is 2.89. The normalized spacial score (nSPS) is 14.4. The van der Waals surface area contributed by atoms with E-state index in [0.717, 1.165) is 39.9 Å². The smallest absolute Gasteiger partial charge is 0.276 e. The molecule has 0 radical (unpaired) electrons. The molecular formula is C18H25BrN2O2. The Morgan fingerprint density at radius 2 is 2.13 bits per heavy atom. The van der Waals surface area contributed by atoms with E-state index in [4.69, 9.17) is 4.74 Å². The standard InChI is InChI=1S/C18H25BrN2O2/c1-12(2)15-10-16(19)13(3)9-17(15)23-11-18(22)21-20-14-7-5-4-6-8-14/h7,9-10,12,20H,4-6,8,11H2,1-3H3,(H,21,22). The van der Waals surface area contributed by atoms with Gasteiger partial charge in [0.15, 0.2) is 6.61 Å². The first kappa shape index (κ1) is 17.9. The number of amides is 1. The molecule has 1 aromatic rings. The molecule has 1 aliphatic rings. The molecule has 2 N–H and O–H groups in total. The summed E-state index contributed by atoms with van der Waals surface area (Å²) in [5.74, 6) is 0.926. The molecule has 5 heteroatoms. The first-order valence-corrected chi connectivity index (χ1v) is 8.93. The van der Waals surface area contributed by atoms with Gasteiger partial charge in [0.25, 0.3) is 5.91 Å². The molecule has 0 atom stereocenters. The highest BCUT2D eigenvalue weighted by atomic mass is 79.9. The Morgan fingerprint density at radius 1 is 1.35 bits per heavy atom. The second kappa shape index (κ2) is 8.39. The van der Waals surface area contributed by atoms with Crippen LogP contribution in [0.1, 0.15) is 56.6 Å². The Morgan fingerprint density at radius 3 is 2.78 bits per heavy atom. The number of carbonyl (C=O) groups excluding carboxylic acids is 1. The van der Waals surface area contributed by atoms with Crippen LogP contribution < -0.4 is 15.6 Å². The number of allylic oxidation sites excluding steroid dienone is 2. The van der Waals surface area contributed by atoms with Gasteiger partial charge in [-0.1, -0.05) is 35.9 Å². The lowest BCUT2D eigenvalue weighted by Gasteiger charge is -2.17. The molecule has 1 amide bonds. The van der Waals surface area contributed by atoms with E-state index in [2.05, 4.69) is 52.8 Å². The monoisotopic (exact) mass is 380 g/mol. The zero-order valence-electron chi connectivity index (χ0n) is 14.0. The summed E-state index contributed by atoms with van der Waals surface area (Å²) in [6, 6.07) is 4.04. The summed E-state index contributed by atoms with van der Waals surface area (Å²) in [6.45, 7) is 6.24. The van der Waals surface area contributed by atoms with Crippen LogP contribution in [0, 0.1) is 6.92 Å². The summed E-state index contributed by atoms with van der Waals surface area (Å²) < 4.78 is 6.80. The average molecular weight is 381 g/mol. The minimum Gasteiger partial charge on any atom is -0.483 e. The molecule has 0 saturated heterocycles. The predicted molar refractivity (Wildman–Crippen MR) is 96.3 cm³/mol. The van der Waals surface area contributed by atoms with Crippen molar-refractivity contribution in [2.45, 2.75) is 52.4 Å². The largest absolute Gasteiger partial charge is 0.483 e. The van der Waals surface area contributed by atoms with Gasteiger partial charge in [0.1, 0.15) is 5.75 Å². The number of hydrogen-bond acceptors (Lipinski definition) is 3. The second-order valence-corrected chi connectivity index (χ2v) is 7.09. The number of carbonyl (C=O) groups is 1. The summed E-state index contributed by atoms with van der Waals surface area (Å²) >= 11 is 3.55. The van der Waals surface area contributed by atoms with Crippen molar-refractivity contribution in [2.75, 3.05) is 6.61 Å². The number of nitrogens with one attached hydrogen (secondary N) is 2. The van der Waals surface area contributed by atoms with E-state index in [-0.39, 0.29) is 12.5 Å². The number of rotatable bonds is 6. The van der Waals surface area contributed by atoms with Crippen LogP contribution in [-0.4, -0.2) is 12.5 Å². The number of benzene rings is 1. The van der Waals surface area contributed by atoms with Crippen molar-refractivity contribution in [3.63, 3.8) is 0 Å². The zero-order valence-corrected chi connectivity index (χ0v) is 15.6. The molecule has 126 valence electrons. The Balaban J connectivity index is 1.90. The van der Waals surface area contributed by atoms with E-state index in [1.54, 1.807) is 0 Å². The molecule has 0 aromatic heterocycles. The molecule has 0 spiro atoms. The SMILES string of the molecule is Cc1cc(OCC(=O)NNC2=CCCCC2)c(C(C)C)cc1Br. The number of ether oxygens (including phenoxy) is 1. The fraction of sp³-hybridized carbons (Fsp3) is 0.500. The molecule has 0 saturated carbocycles. The van der Waals surface area contributed by atoms with E-state index in [1.807, 2.05) is 13.0 Å². The highest BCUT2D eigenvalue weighted by Gasteiger charge is 2.13. The fourth-order valence-electron chi connectivity index (χ4n) is 2.53. The third-order valence-electron chi connectivity index (χ3n) is 3.93. The van der Waals surface area contributed by atoms with Crippen LogP contribution in [0.25, 0.3) is 0 Å². The van der Waals surface area contributed by atoms with E-state index in [9.17, 15) is 4.79 Å². The van der Waals surface area contributed by atoms with Crippen molar-refractivity contribution in [1.29, 1.82) is 0 Å². The van der Waals surface area contributed by atoms with Gasteiger partial charge in [-0.2, -0.15) is 0 Å². The van der Waals surface area contributed by atoms with Crippen molar-refractivity contribution in [3.8, 4) is 5.75 Å². The van der Waals surface area contributed by atoms with Crippen molar-refractivity contribution in [2.24, 2.45) is 0 Å². The Hall–Kier alpha value is -1.49. The zero-order chi connectivity index (χ0) is 16.8. The summed E-state index contributed by atoms with van der Waals surface area (Å²) in [4.78, 5) is 12.0. The van der Waals surface area contributed by atoms with Crippen LogP contribution in [0.15, 0.2) is 28.4 Å². The molecule has 0 aliphatic heterocycles. The van der Waals surface area contributed by atoms with Gasteiger partial charge in [-0.25, -0.2) is 0 Å². The number of hydrogen-bond donors (Lipinski definition) is 2. The maximum absolute atomic E-state index is 12.0. The molecule has 4 nitrogen and oxygen atoms in total. The maximum Gasteiger partial charge on any atom is 0.276 e. The summed E-state index contributed by atoms with van der Waals surface area (Å²) in [6.07, 6.45) is 6.60. The van der Waals surface area contributed by atoms with E-state index < -0.39 is 0 Å². The molecule has 23 heavy (non-hydrogen) atoms. The molecule has 2 rings (SSSR count). The maximum atomic E-state index is 12.0. The topological polar surface area (TPSA) is 50.4 Å². The highest BCUT2D eigenvalue weighted by molar-refractivity contribution is 9.10. The van der Waals surface area contributed by atoms with Gasteiger partial charge in [-0.3, -0.25) is 10.2 Å². The second-order valence-electron chi connectivity index (χ2n) is 6.23. The average Bonchev–Trinajstić information content (AvgIpc) is 2.54. The highest BCUT2D eigenvalue weighted by Crippen LogP contribution is 2.32. The Kier molecular flexibility index (Phi) is 6.51. The van der Waals surface area contributed by atoms with E-state index >= 15 is 0 Å². The summed E-state index contributed by atoms with van der Waals surface area (Å²) in [5.41, 5.74) is 8.97. The number of hydrazine groups is 1. The van der Waals surface area contributed by atoms with Crippen molar-refractivity contribution in [3.05, 3.63) is 39.5 Å². The molecule has 0 bridgehead atoms. The first-order chi connectivity index (χ1) is 11.0. The van der Waals surface area contributed by atoms with Gasteiger partial charge in [0.2, 0.25) is 0 Å². The van der Waals surface area contributed by atoms with Crippen LogP contribution in [0.3, 0.4) is 0 Å². The van der Waals surface area contributed by atoms with E-state index in [0.29, 0.717) is 5.92 Å². The third kappa shape index (κ3) is 5.27. The van der Waals surface area contributed by atoms with Crippen molar-refractivity contribution in [1.82, 2.24) is 10.9 Å². The van der Waals surface area contributed by atoms with Gasteiger partial charge in [-0.15, -0.1) is 0 Å². The van der Waals surface area contributed by atoms with Crippen LogP contribution in [0.5, 0.6) is 5.75 Å². The first-order valence-electron chi connectivity index (χ1n) is 8.14. The minimum atomic E-state index is -0.174. The number of aryl methyl sites for hydroxylation is 1. The molecule has 0 unspecified atom stereocenters. The van der Waals surface area contributed by atoms with Crippen molar-refractivity contribution < 1.29 is 9.53 Å². The van der Waals surface area contributed by atoms with Gasteiger partial charge >= 0.3 is 0 Å². The van der Waals surface area contributed by atoms with Gasteiger partial charge in [0, 0.05) is 10.2 Å². The number of halogens is 1. The molecular weight excluding hydrogens is 356 g/mol. The van der Waals surface area contributed by atoms with Crippen LogP contribution >= 0.6 is 15.9 Å². The van der Waals surface area contributed by atoms with Crippen LogP contribution in [0.4, 0.5) is 0 Å². The van der Waals surface area contributed by atoms with Gasteiger partial charge in [-0.05, 0) is 61.8 Å². The lowest BCUT2D eigenvalue weighted by molar-refractivity contribution is -0.123. The van der Waals surface area contributed by atoms with Gasteiger partial charge < -0.3 is 10.2 Å². The third-order valence-corrected chi connectivity index (χ3v) is 4.78. The molecule has 1 aromatic carbocycles. The quantitative estimate of drug-likeness (QED) is 0.721.